The maximum absolute atomic E-state index is 11.2. The van der Waals surface area contributed by atoms with Gasteiger partial charge in [-0.3, -0.25) is 0 Å². The summed E-state index contributed by atoms with van der Waals surface area (Å²) in [5, 5.41) is 9.23. The molecule has 0 bridgehead atoms. The number of hydrogen-bond donors (Lipinski definition) is 1. The standard InChI is InChI=1S/C16H22O2/c1-2-5-12-8-10-13(11-9-12)14-6-3-4-7-15(14)16(17)18/h3-4,6-7,12-13H,2,5,8-11H2,1H3,(H,17,18)/t12-,13-. The maximum atomic E-state index is 11.2. The van der Waals surface area contributed by atoms with E-state index in [9.17, 15) is 9.90 Å². The number of rotatable bonds is 4. The van der Waals surface area contributed by atoms with E-state index >= 15 is 0 Å². The summed E-state index contributed by atoms with van der Waals surface area (Å²) in [6, 6.07) is 7.50. The van der Waals surface area contributed by atoms with Crippen LogP contribution < -0.4 is 0 Å². The van der Waals surface area contributed by atoms with Gasteiger partial charge >= 0.3 is 5.97 Å². The Morgan fingerprint density at radius 3 is 2.50 bits per heavy atom. The molecule has 0 heterocycles. The first kappa shape index (κ1) is 13.1. The summed E-state index contributed by atoms with van der Waals surface area (Å²) >= 11 is 0. The Morgan fingerprint density at radius 2 is 1.89 bits per heavy atom. The fourth-order valence-corrected chi connectivity index (χ4v) is 3.22. The lowest BCUT2D eigenvalue weighted by Gasteiger charge is -2.29. The lowest BCUT2D eigenvalue weighted by molar-refractivity contribution is 0.0694. The van der Waals surface area contributed by atoms with Gasteiger partial charge in [-0.15, -0.1) is 0 Å². The topological polar surface area (TPSA) is 37.3 Å². The maximum Gasteiger partial charge on any atom is 0.335 e. The second kappa shape index (κ2) is 6.03. The van der Waals surface area contributed by atoms with Crippen molar-refractivity contribution in [3.05, 3.63) is 35.4 Å². The van der Waals surface area contributed by atoms with Gasteiger partial charge in [-0.25, -0.2) is 4.79 Å². The highest BCUT2D eigenvalue weighted by Crippen LogP contribution is 2.38. The number of carbonyl (C=O) groups is 1. The van der Waals surface area contributed by atoms with Gasteiger partial charge < -0.3 is 5.11 Å². The van der Waals surface area contributed by atoms with Crippen molar-refractivity contribution in [2.24, 2.45) is 5.92 Å². The summed E-state index contributed by atoms with van der Waals surface area (Å²) in [6.07, 6.45) is 7.40. The number of aromatic carboxylic acids is 1. The first-order valence-electron chi connectivity index (χ1n) is 7.04. The van der Waals surface area contributed by atoms with Crippen LogP contribution in [0, 0.1) is 5.92 Å². The molecule has 0 aliphatic heterocycles. The van der Waals surface area contributed by atoms with E-state index in [1.54, 1.807) is 6.07 Å². The molecule has 0 spiro atoms. The minimum Gasteiger partial charge on any atom is -0.478 e. The summed E-state index contributed by atoms with van der Waals surface area (Å²) < 4.78 is 0. The summed E-state index contributed by atoms with van der Waals surface area (Å²) in [7, 11) is 0. The largest absolute Gasteiger partial charge is 0.478 e. The van der Waals surface area contributed by atoms with Gasteiger partial charge in [0.25, 0.3) is 0 Å². The molecular weight excluding hydrogens is 224 g/mol. The summed E-state index contributed by atoms with van der Waals surface area (Å²) in [6.45, 7) is 2.24. The molecule has 1 aromatic rings. The SMILES string of the molecule is CCC[C@H]1CC[C@H](c2ccccc2C(=O)O)CC1. The van der Waals surface area contributed by atoms with Crippen LogP contribution in [0.15, 0.2) is 24.3 Å². The second-order valence-corrected chi connectivity index (χ2v) is 5.40. The van der Waals surface area contributed by atoms with Gasteiger partial charge in [0.2, 0.25) is 0 Å². The van der Waals surface area contributed by atoms with Crippen LogP contribution >= 0.6 is 0 Å². The van der Waals surface area contributed by atoms with E-state index < -0.39 is 5.97 Å². The third-order valence-electron chi connectivity index (χ3n) is 4.17. The quantitative estimate of drug-likeness (QED) is 0.851. The third kappa shape index (κ3) is 2.92. The fraction of sp³-hybridized carbons (Fsp3) is 0.562. The van der Waals surface area contributed by atoms with E-state index in [1.807, 2.05) is 18.2 Å². The molecule has 1 aliphatic rings. The zero-order valence-corrected chi connectivity index (χ0v) is 11.1. The zero-order chi connectivity index (χ0) is 13.0. The number of carboxylic acids is 1. The Morgan fingerprint density at radius 1 is 1.22 bits per heavy atom. The van der Waals surface area contributed by atoms with Crippen molar-refractivity contribution >= 4 is 5.97 Å². The van der Waals surface area contributed by atoms with Crippen molar-refractivity contribution in [2.75, 3.05) is 0 Å². The molecule has 0 atom stereocenters. The predicted octanol–water partition coefficient (Wildman–Crippen LogP) is 4.46. The molecular formula is C16H22O2. The minimum absolute atomic E-state index is 0.449. The molecule has 2 heteroatoms. The summed E-state index contributed by atoms with van der Waals surface area (Å²) in [5.74, 6) is 0.523. The van der Waals surface area contributed by atoms with Crippen molar-refractivity contribution in [3.8, 4) is 0 Å². The van der Waals surface area contributed by atoms with Crippen LogP contribution in [0.3, 0.4) is 0 Å². The van der Waals surface area contributed by atoms with Crippen molar-refractivity contribution < 1.29 is 9.90 Å². The smallest absolute Gasteiger partial charge is 0.335 e. The Balaban J connectivity index is 2.07. The van der Waals surface area contributed by atoms with Gasteiger partial charge in [0, 0.05) is 0 Å². The number of benzene rings is 1. The number of carboxylic acid groups (broad SMARTS) is 1. The van der Waals surface area contributed by atoms with Crippen LogP contribution in [-0.2, 0) is 0 Å². The van der Waals surface area contributed by atoms with Gasteiger partial charge in [-0.05, 0) is 49.1 Å². The lowest BCUT2D eigenvalue weighted by atomic mass is 9.76. The van der Waals surface area contributed by atoms with Crippen molar-refractivity contribution in [1.29, 1.82) is 0 Å². The number of hydrogen-bond acceptors (Lipinski definition) is 1. The summed E-state index contributed by atoms with van der Waals surface area (Å²) in [5.41, 5.74) is 1.54. The highest BCUT2D eigenvalue weighted by atomic mass is 16.4. The highest BCUT2D eigenvalue weighted by Gasteiger charge is 2.24. The molecule has 2 nitrogen and oxygen atoms in total. The van der Waals surface area contributed by atoms with E-state index in [2.05, 4.69) is 6.92 Å². The van der Waals surface area contributed by atoms with E-state index in [-0.39, 0.29) is 0 Å². The van der Waals surface area contributed by atoms with Crippen LogP contribution in [0.25, 0.3) is 0 Å². The Kier molecular flexibility index (Phi) is 4.40. The van der Waals surface area contributed by atoms with Crippen molar-refractivity contribution in [2.45, 2.75) is 51.4 Å². The van der Waals surface area contributed by atoms with E-state index in [0.717, 1.165) is 24.3 Å². The Hall–Kier alpha value is -1.31. The molecule has 1 saturated carbocycles. The molecule has 0 radical (unpaired) electrons. The molecule has 0 amide bonds. The average molecular weight is 246 g/mol. The third-order valence-corrected chi connectivity index (χ3v) is 4.17. The normalized spacial score (nSPS) is 23.8. The van der Waals surface area contributed by atoms with Gasteiger partial charge in [0.15, 0.2) is 0 Å². The van der Waals surface area contributed by atoms with Crippen LogP contribution in [0.1, 0.15) is 67.3 Å². The lowest BCUT2D eigenvalue weighted by Crippen LogP contribution is -2.15. The van der Waals surface area contributed by atoms with Crippen molar-refractivity contribution in [3.63, 3.8) is 0 Å². The van der Waals surface area contributed by atoms with Crippen LogP contribution in [0.5, 0.6) is 0 Å². The zero-order valence-electron chi connectivity index (χ0n) is 11.1. The molecule has 0 aromatic heterocycles. The molecule has 18 heavy (non-hydrogen) atoms. The second-order valence-electron chi connectivity index (χ2n) is 5.40. The summed E-state index contributed by atoms with van der Waals surface area (Å²) in [4.78, 5) is 11.2. The molecule has 1 aromatic carbocycles. The van der Waals surface area contributed by atoms with Crippen LogP contribution in [0.4, 0.5) is 0 Å². The molecule has 0 saturated heterocycles. The molecule has 2 rings (SSSR count). The van der Waals surface area contributed by atoms with Gasteiger partial charge in [0.1, 0.15) is 0 Å². The van der Waals surface area contributed by atoms with Gasteiger partial charge in [-0.2, -0.15) is 0 Å². The molecule has 1 aliphatic carbocycles. The molecule has 98 valence electrons. The van der Waals surface area contributed by atoms with Crippen LogP contribution in [-0.4, -0.2) is 11.1 Å². The van der Waals surface area contributed by atoms with Crippen molar-refractivity contribution in [1.82, 2.24) is 0 Å². The Bertz CT molecular complexity index is 403. The average Bonchev–Trinajstić information content (AvgIpc) is 2.40. The van der Waals surface area contributed by atoms with Gasteiger partial charge in [0.05, 0.1) is 5.56 Å². The molecule has 1 fully saturated rings. The molecule has 1 N–H and O–H groups in total. The molecule has 0 unspecified atom stereocenters. The first-order valence-corrected chi connectivity index (χ1v) is 7.04. The predicted molar refractivity (Wildman–Crippen MR) is 73.0 cm³/mol. The van der Waals surface area contributed by atoms with E-state index in [4.69, 9.17) is 0 Å². The first-order chi connectivity index (χ1) is 8.72. The Labute approximate surface area is 109 Å². The fourth-order valence-electron chi connectivity index (χ4n) is 3.22. The van der Waals surface area contributed by atoms with E-state index in [0.29, 0.717) is 11.5 Å². The van der Waals surface area contributed by atoms with E-state index in [1.165, 1.54) is 25.7 Å². The van der Waals surface area contributed by atoms with Crippen LogP contribution in [0.2, 0.25) is 0 Å². The monoisotopic (exact) mass is 246 g/mol. The van der Waals surface area contributed by atoms with Gasteiger partial charge in [-0.1, -0.05) is 38.0 Å². The highest BCUT2D eigenvalue weighted by molar-refractivity contribution is 5.89. The minimum atomic E-state index is -0.790.